The van der Waals surface area contributed by atoms with Crippen LogP contribution in [0.1, 0.15) is 18.4 Å². The summed E-state index contributed by atoms with van der Waals surface area (Å²) in [7, 11) is -3.76. The van der Waals surface area contributed by atoms with Crippen LogP contribution >= 0.6 is 11.3 Å². The highest BCUT2D eigenvalue weighted by atomic mass is 32.2. The molecule has 186 valence electrons. The average molecular weight is 529 g/mol. The predicted molar refractivity (Wildman–Crippen MR) is 132 cm³/mol. The minimum absolute atomic E-state index is 0.158. The van der Waals surface area contributed by atoms with Gasteiger partial charge >= 0.3 is 5.97 Å². The Morgan fingerprint density at radius 2 is 1.94 bits per heavy atom. The number of nitrogens with one attached hydrogen (secondary N) is 1. The minimum Gasteiger partial charge on any atom is -0.455 e. The molecule has 1 amide bonds. The molecular formula is C24H21FN4O5S2. The molecule has 5 rings (SSSR count). The fraction of sp³-hybridized carbons (Fsp3) is 0.250. The first-order valence-electron chi connectivity index (χ1n) is 11.2. The zero-order valence-corrected chi connectivity index (χ0v) is 20.5. The van der Waals surface area contributed by atoms with Crippen LogP contribution in [-0.2, 0) is 24.3 Å². The third-order valence-corrected chi connectivity index (χ3v) is 7.99. The van der Waals surface area contributed by atoms with Gasteiger partial charge in [-0.05, 0) is 49.2 Å². The number of rotatable bonds is 5. The predicted octanol–water partition coefficient (Wildman–Crippen LogP) is 3.29. The van der Waals surface area contributed by atoms with Crippen LogP contribution in [0.2, 0.25) is 0 Å². The second-order valence-corrected chi connectivity index (χ2v) is 10.8. The van der Waals surface area contributed by atoms with E-state index >= 15 is 0 Å². The number of piperidine rings is 1. The Bertz CT molecular complexity index is 1450. The van der Waals surface area contributed by atoms with Crippen LogP contribution in [-0.4, -0.2) is 55.7 Å². The van der Waals surface area contributed by atoms with Gasteiger partial charge in [-0.25, -0.2) is 9.37 Å². The molecule has 0 aliphatic carbocycles. The quantitative estimate of drug-likeness (QED) is 0.505. The Kier molecular flexibility index (Phi) is 6.54. The van der Waals surface area contributed by atoms with E-state index in [1.165, 1.54) is 29.5 Å². The number of likely N-dealkylation sites (tertiary alicyclic amines) is 1. The van der Waals surface area contributed by atoms with Gasteiger partial charge in [0.2, 0.25) is 0 Å². The Balaban J connectivity index is 1.16. The van der Waals surface area contributed by atoms with E-state index in [4.69, 9.17) is 4.74 Å². The van der Waals surface area contributed by atoms with Crippen molar-refractivity contribution in [2.75, 3.05) is 25.0 Å². The maximum Gasteiger partial charge on any atom is 0.311 e. The summed E-state index contributed by atoms with van der Waals surface area (Å²) in [6.07, 6.45) is 1.21. The molecule has 36 heavy (non-hydrogen) atoms. The largest absolute Gasteiger partial charge is 0.455 e. The van der Waals surface area contributed by atoms with Gasteiger partial charge < -0.3 is 9.64 Å². The summed E-state index contributed by atoms with van der Waals surface area (Å²) in [5.41, 5.74) is 1.83. The number of aromatic nitrogens is 1. The fourth-order valence-electron chi connectivity index (χ4n) is 4.17. The van der Waals surface area contributed by atoms with E-state index in [9.17, 15) is 22.4 Å². The third kappa shape index (κ3) is 5.00. The second-order valence-electron chi connectivity index (χ2n) is 8.37. The van der Waals surface area contributed by atoms with Crippen molar-refractivity contribution in [1.82, 2.24) is 9.88 Å². The number of carbonyl (C=O) groups is 2. The molecule has 3 aromatic rings. The normalized spacial score (nSPS) is 18.3. The molecule has 0 radical (unpaired) electrons. The fourth-order valence-corrected chi connectivity index (χ4v) is 6.14. The number of hydrogen-bond acceptors (Lipinski definition) is 8. The monoisotopic (exact) mass is 528 g/mol. The molecule has 2 aromatic carbocycles. The molecule has 3 heterocycles. The van der Waals surface area contributed by atoms with E-state index in [0.717, 1.165) is 0 Å². The standard InChI is InChI=1S/C24H21FN4O5S2/c25-17-9-7-15(8-10-17)19-14-35-24(26-19)27-21(30)13-34-23(31)16-4-3-11-29(12-16)22-18-5-1-2-6-20(18)36(32,33)28-22/h1-2,5-10,14,16H,3-4,11-13H2,(H,26,27,30). The van der Waals surface area contributed by atoms with Crippen LogP contribution in [0.15, 0.2) is 63.2 Å². The Hall–Kier alpha value is -3.64. The van der Waals surface area contributed by atoms with Gasteiger partial charge in [0.15, 0.2) is 17.6 Å². The zero-order valence-electron chi connectivity index (χ0n) is 18.9. The first-order valence-corrected chi connectivity index (χ1v) is 13.5. The molecular weight excluding hydrogens is 507 g/mol. The first-order chi connectivity index (χ1) is 17.3. The Labute approximate surface area is 210 Å². The lowest BCUT2D eigenvalue weighted by Crippen LogP contribution is -2.43. The summed E-state index contributed by atoms with van der Waals surface area (Å²) in [5.74, 6) is -1.60. The third-order valence-electron chi connectivity index (χ3n) is 5.90. The summed E-state index contributed by atoms with van der Waals surface area (Å²) in [5, 5.41) is 4.66. The van der Waals surface area contributed by atoms with Gasteiger partial charge in [-0.2, -0.15) is 8.42 Å². The van der Waals surface area contributed by atoms with Crippen LogP contribution in [0.4, 0.5) is 9.52 Å². The van der Waals surface area contributed by atoms with Gasteiger partial charge in [0.25, 0.3) is 15.9 Å². The lowest BCUT2D eigenvalue weighted by molar-refractivity contribution is -0.152. The molecule has 1 atom stereocenters. The topological polar surface area (TPSA) is 118 Å². The van der Waals surface area contributed by atoms with Crippen molar-refractivity contribution in [2.24, 2.45) is 10.3 Å². The van der Waals surface area contributed by atoms with Crippen molar-refractivity contribution in [3.63, 3.8) is 0 Å². The molecule has 1 N–H and O–H groups in total. The van der Waals surface area contributed by atoms with Crippen molar-refractivity contribution in [3.8, 4) is 11.3 Å². The molecule has 12 heteroatoms. The summed E-state index contributed by atoms with van der Waals surface area (Å²) in [4.78, 5) is 31.2. The van der Waals surface area contributed by atoms with Gasteiger partial charge in [-0.15, -0.1) is 15.7 Å². The molecule has 1 fully saturated rings. The number of carbonyl (C=O) groups excluding carboxylic acids is 2. The van der Waals surface area contributed by atoms with Gasteiger partial charge in [0.05, 0.1) is 11.6 Å². The number of hydrogen-bond donors (Lipinski definition) is 1. The molecule has 9 nitrogen and oxygen atoms in total. The summed E-state index contributed by atoms with van der Waals surface area (Å²) >= 11 is 1.20. The number of anilines is 1. The second kappa shape index (κ2) is 9.78. The Morgan fingerprint density at radius 1 is 1.17 bits per heavy atom. The summed E-state index contributed by atoms with van der Waals surface area (Å²) in [6.45, 7) is 0.336. The number of fused-ring (bicyclic) bond motifs is 1. The highest BCUT2D eigenvalue weighted by molar-refractivity contribution is 7.90. The average Bonchev–Trinajstić information content (AvgIpc) is 3.45. The summed E-state index contributed by atoms with van der Waals surface area (Å²) in [6, 6.07) is 12.4. The van der Waals surface area contributed by atoms with E-state index in [-0.39, 0.29) is 17.3 Å². The minimum atomic E-state index is -3.76. The van der Waals surface area contributed by atoms with E-state index in [1.807, 2.05) is 0 Å². The number of amides is 1. The molecule has 0 bridgehead atoms. The molecule has 0 saturated carbocycles. The molecule has 1 aromatic heterocycles. The first kappa shape index (κ1) is 24.1. The van der Waals surface area contributed by atoms with Crippen LogP contribution in [0.3, 0.4) is 0 Å². The SMILES string of the molecule is O=C(COC(=O)C1CCCN(C2=NS(=O)(=O)c3ccccc32)C1)Nc1nc(-c2ccc(F)cc2)cs1. The number of nitrogens with zero attached hydrogens (tertiary/aromatic N) is 3. The van der Waals surface area contributed by atoms with Crippen LogP contribution < -0.4 is 5.32 Å². The lowest BCUT2D eigenvalue weighted by Gasteiger charge is -2.32. The molecule has 2 aliphatic heterocycles. The van der Waals surface area contributed by atoms with E-state index in [0.29, 0.717) is 47.2 Å². The van der Waals surface area contributed by atoms with Gasteiger partial charge in [0, 0.05) is 29.6 Å². The van der Waals surface area contributed by atoms with E-state index < -0.39 is 34.4 Å². The number of sulfonamides is 1. The molecule has 1 saturated heterocycles. The van der Waals surface area contributed by atoms with Crippen LogP contribution in [0.25, 0.3) is 11.3 Å². The summed E-state index contributed by atoms with van der Waals surface area (Å²) < 4.78 is 47.0. The van der Waals surface area contributed by atoms with Gasteiger partial charge in [-0.1, -0.05) is 12.1 Å². The van der Waals surface area contributed by atoms with E-state index in [2.05, 4.69) is 14.7 Å². The number of amidine groups is 1. The number of esters is 1. The smallest absolute Gasteiger partial charge is 0.311 e. The molecule has 0 spiro atoms. The number of benzene rings is 2. The number of halogens is 1. The number of thiazole rings is 1. The van der Waals surface area contributed by atoms with Crippen molar-refractivity contribution in [1.29, 1.82) is 0 Å². The maximum atomic E-state index is 13.1. The van der Waals surface area contributed by atoms with Crippen LogP contribution in [0.5, 0.6) is 0 Å². The lowest BCUT2D eigenvalue weighted by atomic mass is 9.97. The molecule has 1 unspecified atom stereocenters. The highest BCUT2D eigenvalue weighted by Crippen LogP contribution is 2.30. The van der Waals surface area contributed by atoms with Gasteiger partial charge in [-0.3, -0.25) is 14.9 Å². The van der Waals surface area contributed by atoms with Crippen molar-refractivity contribution in [2.45, 2.75) is 17.7 Å². The molecule has 2 aliphatic rings. The maximum absolute atomic E-state index is 13.1. The van der Waals surface area contributed by atoms with Crippen molar-refractivity contribution in [3.05, 3.63) is 65.3 Å². The van der Waals surface area contributed by atoms with Gasteiger partial charge in [0.1, 0.15) is 10.7 Å². The van der Waals surface area contributed by atoms with Crippen LogP contribution in [0, 0.1) is 11.7 Å². The van der Waals surface area contributed by atoms with E-state index in [1.54, 1.807) is 40.6 Å². The van der Waals surface area contributed by atoms with Crippen molar-refractivity contribution < 1.29 is 27.1 Å². The number of ether oxygens (including phenoxy) is 1. The zero-order chi connectivity index (χ0) is 25.3. The Morgan fingerprint density at radius 3 is 2.75 bits per heavy atom. The highest BCUT2D eigenvalue weighted by Gasteiger charge is 2.35. The van der Waals surface area contributed by atoms with Crippen molar-refractivity contribution >= 4 is 44.2 Å².